The molecular weight excluding hydrogens is 252 g/mol. The van der Waals surface area contributed by atoms with Crippen molar-refractivity contribution in [3.8, 4) is 10.6 Å². The van der Waals surface area contributed by atoms with Crippen LogP contribution in [0.2, 0.25) is 0 Å². The highest BCUT2D eigenvalue weighted by Crippen LogP contribution is 2.25. The van der Waals surface area contributed by atoms with Gasteiger partial charge in [-0.2, -0.15) is 0 Å². The number of aromatic nitrogens is 1. The summed E-state index contributed by atoms with van der Waals surface area (Å²) in [6.45, 7) is 2.33. The SMILES string of the molecule is O=C(c1ncc(-c2cccs2)o1)N1CCOCC1. The number of thiophene rings is 1. The molecule has 1 saturated heterocycles. The number of carbonyl (C=O) groups excluding carboxylic acids is 1. The van der Waals surface area contributed by atoms with E-state index < -0.39 is 0 Å². The number of amides is 1. The minimum absolute atomic E-state index is 0.153. The van der Waals surface area contributed by atoms with Crippen LogP contribution in [0.3, 0.4) is 0 Å². The average molecular weight is 264 g/mol. The molecule has 0 aromatic carbocycles. The van der Waals surface area contributed by atoms with Crippen LogP contribution in [0.15, 0.2) is 28.1 Å². The van der Waals surface area contributed by atoms with Crippen molar-refractivity contribution in [2.75, 3.05) is 26.3 Å². The number of carbonyl (C=O) groups is 1. The fraction of sp³-hybridized carbons (Fsp3) is 0.333. The zero-order chi connectivity index (χ0) is 12.4. The largest absolute Gasteiger partial charge is 0.431 e. The van der Waals surface area contributed by atoms with Gasteiger partial charge in [-0.1, -0.05) is 6.07 Å². The highest BCUT2D eigenvalue weighted by Gasteiger charge is 2.23. The standard InChI is InChI=1S/C12H12N2O3S/c15-12(14-3-5-16-6-4-14)11-13-8-9(17-11)10-2-1-7-18-10/h1-2,7-8H,3-6H2. The number of hydrogen-bond acceptors (Lipinski definition) is 5. The Hall–Kier alpha value is -1.66. The minimum atomic E-state index is -0.166. The lowest BCUT2D eigenvalue weighted by atomic mass is 10.4. The van der Waals surface area contributed by atoms with Gasteiger partial charge in [0.15, 0.2) is 5.76 Å². The monoisotopic (exact) mass is 264 g/mol. The zero-order valence-corrected chi connectivity index (χ0v) is 10.5. The quantitative estimate of drug-likeness (QED) is 0.831. The summed E-state index contributed by atoms with van der Waals surface area (Å²) >= 11 is 1.56. The van der Waals surface area contributed by atoms with Gasteiger partial charge in [0.25, 0.3) is 5.89 Å². The van der Waals surface area contributed by atoms with Gasteiger partial charge in [0.2, 0.25) is 0 Å². The molecule has 0 radical (unpaired) electrons. The first kappa shape index (κ1) is 11.4. The molecule has 0 aliphatic carbocycles. The molecule has 0 bridgehead atoms. The van der Waals surface area contributed by atoms with Gasteiger partial charge in [-0.05, 0) is 11.4 Å². The molecule has 0 N–H and O–H groups in total. The van der Waals surface area contributed by atoms with Crippen molar-refractivity contribution in [1.82, 2.24) is 9.88 Å². The Balaban J connectivity index is 1.78. The Morgan fingerprint density at radius 3 is 2.94 bits per heavy atom. The molecular formula is C12H12N2O3S. The fourth-order valence-electron chi connectivity index (χ4n) is 1.81. The van der Waals surface area contributed by atoms with Gasteiger partial charge in [0.05, 0.1) is 24.3 Å². The molecule has 1 amide bonds. The summed E-state index contributed by atoms with van der Waals surface area (Å²) in [4.78, 5) is 18.8. The highest BCUT2D eigenvalue weighted by atomic mass is 32.1. The third kappa shape index (κ3) is 2.16. The molecule has 1 fully saturated rings. The number of nitrogens with zero attached hydrogens (tertiary/aromatic N) is 2. The van der Waals surface area contributed by atoms with E-state index >= 15 is 0 Å². The van der Waals surface area contributed by atoms with Crippen LogP contribution in [-0.2, 0) is 4.74 Å². The molecule has 2 aromatic heterocycles. The van der Waals surface area contributed by atoms with Crippen LogP contribution in [0.5, 0.6) is 0 Å². The molecule has 2 aromatic rings. The summed E-state index contributed by atoms with van der Waals surface area (Å²) in [5.41, 5.74) is 0. The lowest BCUT2D eigenvalue weighted by Gasteiger charge is -2.25. The molecule has 0 atom stereocenters. The highest BCUT2D eigenvalue weighted by molar-refractivity contribution is 7.13. The molecule has 0 saturated carbocycles. The number of oxazole rings is 1. The molecule has 5 nitrogen and oxygen atoms in total. The summed E-state index contributed by atoms with van der Waals surface area (Å²) in [5, 5.41) is 1.96. The van der Waals surface area contributed by atoms with Crippen LogP contribution in [0, 0.1) is 0 Å². The lowest BCUT2D eigenvalue weighted by molar-refractivity contribution is 0.0278. The van der Waals surface area contributed by atoms with Gasteiger partial charge >= 0.3 is 5.91 Å². The molecule has 6 heteroatoms. The Kier molecular flexibility index (Phi) is 3.12. The number of rotatable bonds is 2. The zero-order valence-electron chi connectivity index (χ0n) is 9.67. The van der Waals surface area contributed by atoms with Gasteiger partial charge in [0.1, 0.15) is 0 Å². The molecule has 0 spiro atoms. The lowest BCUT2D eigenvalue weighted by Crippen LogP contribution is -2.40. The van der Waals surface area contributed by atoms with Crippen LogP contribution < -0.4 is 0 Å². The fourth-order valence-corrected chi connectivity index (χ4v) is 2.48. The molecule has 0 unspecified atom stereocenters. The van der Waals surface area contributed by atoms with Crippen LogP contribution in [0.4, 0.5) is 0 Å². The second-order valence-electron chi connectivity index (χ2n) is 3.91. The third-order valence-corrected chi connectivity index (χ3v) is 3.64. The normalized spacial score (nSPS) is 15.9. The first-order valence-corrected chi connectivity index (χ1v) is 6.59. The summed E-state index contributed by atoms with van der Waals surface area (Å²) < 4.78 is 10.7. The Labute approximate surface area is 108 Å². The third-order valence-electron chi connectivity index (χ3n) is 2.75. The van der Waals surface area contributed by atoms with Crippen LogP contribution in [0.1, 0.15) is 10.7 Å². The van der Waals surface area contributed by atoms with E-state index in [-0.39, 0.29) is 11.8 Å². The van der Waals surface area contributed by atoms with E-state index in [1.807, 2.05) is 17.5 Å². The summed E-state index contributed by atoms with van der Waals surface area (Å²) in [7, 11) is 0. The molecule has 18 heavy (non-hydrogen) atoms. The maximum absolute atomic E-state index is 12.1. The topological polar surface area (TPSA) is 55.6 Å². The number of ether oxygens (including phenoxy) is 1. The van der Waals surface area contributed by atoms with E-state index in [2.05, 4.69) is 4.98 Å². The van der Waals surface area contributed by atoms with Crippen molar-refractivity contribution < 1.29 is 13.9 Å². The van der Waals surface area contributed by atoms with E-state index in [1.165, 1.54) is 0 Å². The van der Waals surface area contributed by atoms with Gasteiger partial charge in [-0.15, -0.1) is 11.3 Å². The summed E-state index contributed by atoms with van der Waals surface area (Å²) in [5.74, 6) is 0.628. The second-order valence-corrected chi connectivity index (χ2v) is 4.86. The second kappa shape index (κ2) is 4.91. The molecule has 94 valence electrons. The van der Waals surface area contributed by atoms with E-state index in [1.54, 1.807) is 22.4 Å². The van der Waals surface area contributed by atoms with Gasteiger partial charge in [-0.3, -0.25) is 4.79 Å². The van der Waals surface area contributed by atoms with E-state index in [0.717, 1.165) is 4.88 Å². The van der Waals surface area contributed by atoms with Crippen LogP contribution in [-0.4, -0.2) is 42.1 Å². The smallest absolute Gasteiger partial charge is 0.309 e. The van der Waals surface area contributed by atoms with Crippen LogP contribution in [0.25, 0.3) is 10.6 Å². The molecule has 1 aliphatic rings. The van der Waals surface area contributed by atoms with Crippen molar-refractivity contribution in [3.63, 3.8) is 0 Å². The van der Waals surface area contributed by atoms with Crippen molar-refractivity contribution >= 4 is 17.2 Å². The Morgan fingerprint density at radius 2 is 2.22 bits per heavy atom. The van der Waals surface area contributed by atoms with Crippen molar-refractivity contribution in [2.24, 2.45) is 0 Å². The van der Waals surface area contributed by atoms with Gasteiger partial charge in [-0.25, -0.2) is 4.98 Å². The maximum Gasteiger partial charge on any atom is 0.309 e. The summed E-state index contributed by atoms with van der Waals surface area (Å²) in [6, 6.07) is 3.88. The predicted molar refractivity (Wildman–Crippen MR) is 66.5 cm³/mol. The van der Waals surface area contributed by atoms with E-state index in [4.69, 9.17) is 9.15 Å². The van der Waals surface area contributed by atoms with Crippen molar-refractivity contribution in [1.29, 1.82) is 0 Å². The minimum Gasteiger partial charge on any atom is -0.431 e. The first-order valence-electron chi connectivity index (χ1n) is 5.71. The van der Waals surface area contributed by atoms with Crippen molar-refractivity contribution in [3.05, 3.63) is 29.6 Å². The Bertz CT molecular complexity index is 529. The van der Waals surface area contributed by atoms with E-state index in [0.29, 0.717) is 32.1 Å². The molecule has 3 heterocycles. The number of hydrogen-bond donors (Lipinski definition) is 0. The molecule has 1 aliphatic heterocycles. The first-order chi connectivity index (χ1) is 8.84. The van der Waals surface area contributed by atoms with Gasteiger partial charge < -0.3 is 14.1 Å². The van der Waals surface area contributed by atoms with Crippen molar-refractivity contribution in [2.45, 2.75) is 0 Å². The number of morpholine rings is 1. The predicted octanol–water partition coefficient (Wildman–Crippen LogP) is 1.88. The van der Waals surface area contributed by atoms with Gasteiger partial charge in [0, 0.05) is 13.1 Å². The summed E-state index contributed by atoms with van der Waals surface area (Å²) in [6.07, 6.45) is 1.60. The Morgan fingerprint density at radius 1 is 1.39 bits per heavy atom. The maximum atomic E-state index is 12.1. The van der Waals surface area contributed by atoms with Crippen LogP contribution >= 0.6 is 11.3 Å². The molecule has 3 rings (SSSR count). The average Bonchev–Trinajstić information content (AvgIpc) is 3.09. The van der Waals surface area contributed by atoms with E-state index in [9.17, 15) is 4.79 Å².